The molecule has 1 aromatic carbocycles. The molecule has 0 N–H and O–H groups in total. The molecule has 0 bridgehead atoms. The summed E-state index contributed by atoms with van der Waals surface area (Å²) < 4.78 is 5.54. The van der Waals surface area contributed by atoms with Crippen molar-refractivity contribution in [2.24, 2.45) is 0 Å². The van der Waals surface area contributed by atoms with Gasteiger partial charge in [0.1, 0.15) is 5.75 Å². The van der Waals surface area contributed by atoms with Crippen molar-refractivity contribution in [1.29, 1.82) is 0 Å². The van der Waals surface area contributed by atoms with Crippen LogP contribution in [0.5, 0.6) is 5.75 Å². The molecule has 78 valence electrons. The minimum Gasteiger partial charge on any atom is -0.491 e. The van der Waals surface area contributed by atoms with Crippen molar-refractivity contribution in [3.05, 3.63) is 29.8 Å². The predicted octanol–water partition coefficient (Wildman–Crippen LogP) is 4.16. The third-order valence-corrected chi connectivity index (χ3v) is 2.53. The summed E-state index contributed by atoms with van der Waals surface area (Å²) in [6.07, 6.45) is 1.17. The SMILES string of the molecule is CCC(Cl)c1ccc(OC(C)C)cc1. The van der Waals surface area contributed by atoms with Crippen molar-refractivity contribution < 1.29 is 4.74 Å². The fourth-order valence-electron chi connectivity index (χ4n) is 1.26. The average molecular weight is 213 g/mol. The highest BCUT2D eigenvalue weighted by Gasteiger charge is 2.05. The Bertz CT molecular complexity index is 266. The molecule has 1 rings (SSSR count). The molecule has 1 atom stereocenters. The molecule has 0 spiro atoms. The first-order valence-corrected chi connectivity index (χ1v) is 5.47. The fraction of sp³-hybridized carbons (Fsp3) is 0.500. The second-order valence-corrected chi connectivity index (χ2v) is 4.14. The smallest absolute Gasteiger partial charge is 0.119 e. The van der Waals surface area contributed by atoms with Crippen molar-refractivity contribution in [2.75, 3.05) is 0 Å². The summed E-state index contributed by atoms with van der Waals surface area (Å²) in [5, 5.41) is 0.114. The third kappa shape index (κ3) is 3.22. The Hall–Kier alpha value is -0.690. The molecule has 0 amide bonds. The highest BCUT2D eigenvalue weighted by Crippen LogP contribution is 2.25. The topological polar surface area (TPSA) is 9.23 Å². The van der Waals surface area contributed by atoms with Gasteiger partial charge in [-0.2, -0.15) is 0 Å². The van der Waals surface area contributed by atoms with Crippen LogP contribution in [0.2, 0.25) is 0 Å². The zero-order valence-corrected chi connectivity index (χ0v) is 9.71. The summed E-state index contributed by atoms with van der Waals surface area (Å²) in [6.45, 7) is 6.12. The van der Waals surface area contributed by atoms with Gasteiger partial charge in [-0.05, 0) is 38.0 Å². The van der Waals surface area contributed by atoms with Crippen LogP contribution in [-0.4, -0.2) is 6.10 Å². The van der Waals surface area contributed by atoms with Crippen molar-refractivity contribution in [1.82, 2.24) is 0 Å². The van der Waals surface area contributed by atoms with Gasteiger partial charge >= 0.3 is 0 Å². The number of hydrogen-bond donors (Lipinski definition) is 0. The van der Waals surface area contributed by atoms with E-state index in [0.29, 0.717) is 0 Å². The summed E-state index contributed by atoms with van der Waals surface area (Å²) in [4.78, 5) is 0. The van der Waals surface area contributed by atoms with Crippen molar-refractivity contribution in [3.8, 4) is 5.75 Å². The van der Waals surface area contributed by atoms with Crippen molar-refractivity contribution >= 4 is 11.6 Å². The molecule has 0 fully saturated rings. The first-order valence-electron chi connectivity index (χ1n) is 5.04. The van der Waals surface area contributed by atoms with Crippen LogP contribution in [0.15, 0.2) is 24.3 Å². The zero-order chi connectivity index (χ0) is 10.6. The molecule has 0 radical (unpaired) electrons. The highest BCUT2D eigenvalue weighted by atomic mass is 35.5. The summed E-state index contributed by atoms with van der Waals surface area (Å²) in [6, 6.07) is 8.00. The van der Waals surface area contributed by atoms with Gasteiger partial charge in [-0.1, -0.05) is 19.1 Å². The molecule has 0 saturated carbocycles. The molecule has 0 aliphatic rings. The van der Waals surface area contributed by atoms with E-state index in [-0.39, 0.29) is 11.5 Å². The van der Waals surface area contributed by atoms with Crippen LogP contribution in [0.25, 0.3) is 0 Å². The van der Waals surface area contributed by atoms with Crippen molar-refractivity contribution in [3.63, 3.8) is 0 Å². The largest absolute Gasteiger partial charge is 0.491 e. The number of alkyl halides is 1. The lowest BCUT2D eigenvalue weighted by Crippen LogP contribution is -2.05. The molecule has 0 aromatic heterocycles. The molecule has 0 heterocycles. The number of rotatable bonds is 4. The van der Waals surface area contributed by atoms with E-state index in [4.69, 9.17) is 16.3 Å². The quantitative estimate of drug-likeness (QED) is 0.681. The van der Waals surface area contributed by atoms with Gasteiger partial charge < -0.3 is 4.74 Å². The van der Waals surface area contributed by atoms with E-state index in [0.717, 1.165) is 17.7 Å². The van der Waals surface area contributed by atoms with Gasteiger partial charge in [0.25, 0.3) is 0 Å². The highest BCUT2D eigenvalue weighted by molar-refractivity contribution is 6.20. The molecular weight excluding hydrogens is 196 g/mol. The van der Waals surface area contributed by atoms with Crippen LogP contribution in [0.3, 0.4) is 0 Å². The molecule has 1 aromatic rings. The molecule has 1 nitrogen and oxygen atoms in total. The molecule has 0 saturated heterocycles. The normalized spacial score (nSPS) is 12.9. The van der Waals surface area contributed by atoms with E-state index >= 15 is 0 Å². The zero-order valence-electron chi connectivity index (χ0n) is 8.96. The second kappa shape index (κ2) is 5.26. The molecular formula is C12H17ClO. The second-order valence-electron chi connectivity index (χ2n) is 3.61. The minimum atomic E-state index is 0.114. The van der Waals surface area contributed by atoms with Gasteiger partial charge in [-0.15, -0.1) is 11.6 Å². The average Bonchev–Trinajstić information content (AvgIpc) is 2.17. The van der Waals surface area contributed by atoms with Crippen LogP contribution in [0.4, 0.5) is 0 Å². The minimum absolute atomic E-state index is 0.114. The Morgan fingerprint density at radius 3 is 2.21 bits per heavy atom. The Kier molecular flexibility index (Phi) is 4.27. The predicted molar refractivity (Wildman–Crippen MR) is 61.1 cm³/mol. The Labute approximate surface area is 91.0 Å². The molecule has 0 aliphatic heterocycles. The van der Waals surface area contributed by atoms with E-state index in [2.05, 4.69) is 6.92 Å². The van der Waals surface area contributed by atoms with Crippen molar-refractivity contribution in [2.45, 2.75) is 38.7 Å². The fourth-order valence-corrected chi connectivity index (χ4v) is 1.41. The van der Waals surface area contributed by atoms with Gasteiger partial charge in [0, 0.05) is 0 Å². The molecule has 14 heavy (non-hydrogen) atoms. The van der Waals surface area contributed by atoms with Crippen LogP contribution in [-0.2, 0) is 0 Å². The van der Waals surface area contributed by atoms with E-state index in [1.54, 1.807) is 0 Å². The third-order valence-electron chi connectivity index (χ3n) is 1.97. The number of ether oxygens (including phenoxy) is 1. The van der Waals surface area contributed by atoms with Gasteiger partial charge in [-0.3, -0.25) is 0 Å². The van der Waals surface area contributed by atoms with E-state index < -0.39 is 0 Å². The van der Waals surface area contributed by atoms with Crippen LogP contribution in [0, 0.1) is 0 Å². The van der Waals surface area contributed by atoms with Gasteiger partial charge in [-0.25, -0.2) is 0 Å². The summed E-state index contributed by atoms with van der Waals surface area (Å²) in [5.74, 6) is 0.906. The lowest BCUT2D eigenvalue weighted by molar-refractivity contribution is 0.242. The molecule has 0 aliphatic carbocycles. The van der Waals surface area contributed by atoms with E-state index in [1.807, 2.05) is 38.1 Å². The van der Waals surface area contributed by atoms with E-state index in [1.165, 1.54) is 0 Å². The van der Waals surface area contributed by atoms with Gasteiger partial charge in [0.05, 0.1) is 11.5 Å². The maximum Gasteiger partial charge on any atom is 0.119 e. The Balaban J connectivity index is 2.68. The Morgan fingerprint density at radius 1 is 1.21 bits per heavy atom. The number of hydrogen-bond acceptors (Lipinski definition) is 1. The first-order chi connectivity index (χ1) is 6.63. The molecule has 2 heteroatoms. The monoisotopic (exact) mass is 212 g/mol. The maximum absolute atomic E-state index is 6.11. The lowest BCUT2D eigenvalue weighted by atomic mass is 10.1. The lowest BCUT2D eigenvalue weighted by Gasteiger charge is -2.11. The van der Waals surface area contributed by atoms with Crippen LogP contribution >= 0.6 is 11.6 Å². The van der Waals surface area contributed by atoms with Crippen LogP contribution in [0.1, 0.15) is 38.1 Å². The maximum atomic E-state index is 6.11. The summed E-state index contributed by atoms with van der Waals surface area (Å²) >= 11 is 6.11. The Morgan fingerprint density at radius 2 is 1.79 bits per heavy atom. The summed E-state index contributed by atoms with van der Waals surface area (Å²) in [7, 11) is 0. The first kappa shape index (κ1) is 11.4. The van der Waals surface area contributed by atoms with Gasteiger partial charge in [0.2, 0.25) is 0 Å². The van der Waals surface area contributed by atoms with E-state index in [9.17, 15) is 0 Å². The van der Waals surface area contributed by atoms with Gasteiger partial charge in [0.15, 0.2) is 0 Å². The number of halogens is 1. The van der Waals surface area contributed by atoms with Crippen LogP contribution < -0.4 is 4.74 Å². The summed E-state index contributed by atoms with van der Waals surface area (Å²) in [5.41, 5.74) is 1.16. The standard InChI is InChI=1S/C12H17ClO/c1-4-12(13)10-5-7-11(8-6-10)14-9(2)3/h5-9,12H,4H2,1-3H3. The molecule has 1 unspecified atom stereocenters. The number of benzene rings is 1.